The minimum Gasteiger partial charge on any atom is -0.352 e. The number of nitrogens with one attached hydrogen (secondary N) is 1. The van der Waals surface area contributed by atoms with Gasteiger partial charge in [0.05, 0.1) is 19.8 Å². The maximum absolute atomic E-state index is 13.3. The van der Waals surface area contributed by atoms with Crippen molar-refractivity contribution in [1.82, 2.24) is 15.2 Å². The summed E-state index contributed by atoms with van der Waals surface area (Å²) in [7, 11) is 0. The van der Waals surface area contributed by atoms with Gasteiger partial charge in [-0.3, -0.25) is 14.7 Å². The molecule has 1 aliphatic heterocycles. The summed E-state index contributed by atoms with van der Waals surface area (Å²) in [5.74, 6) is -0.664. The van der Waals surface area contributed by atoms with Crippen molar-refractivity contribution in [2.24, 2.45) is 0 Å². The number of nitrogens with zero attached hydrogens (tertiary/aromatic N) is 2. The number of hydrogen-bond acceptors (Lipinski definition) is 5. The zero-order valence-electron chi connectivity index (χ0n) is 17.8. The standard InChI is InChI=1S/C24H30FN3O3/c25-20-6-4-19(5-7-20)17-28(14-10-21-3-1-2-13-26-21)18-23(29)27-22-8-11-24(12-9-22)30-15-16-31-24/h1-7,13,22H,8-12,14-18H2,(H,27,29). The Bertz CT molecular complexity index is 831. The lowest BCUT2D eigenvalue weighted by atomic mass is 9.90. The van der Waals surface area contributed by atoms with Crippen molar-refractivity contribution in [1.29, 1.82) is 0 Å². The molecule has 1 aromatic carbocycles. The normalized spacial score (nSPS) is 18.5. The predicted octanol–water partition coefficient (Wildman–Crippen LogP) is 3.07. The molecule has 166 valence electrons. The fraction of sp³-hybridized carbons (Fsp3) is 0.500. The molecule has 1 spiro atoms. The molecule has 7 heteroatoms. The first-order valence-corrected chi connectivity index (χ1v) is 11.0. The third-order valence-corrected chi connectivity index (χ3v) is 6.02. The van der Waals surface area contributed by atoms with E-state index in [-0.39, 0.29) is 17.8 Å². The van der Waals surface area contributed by atoms with Crippen LogP contribution in [0.15, 0.2) is 48.7 Å². The molecule has 0 unspecified atom stereocenters. The first-order valence-electron chi connectivity index (χ1n) is 11.0. The lowest BCUT2D eigenvalue weighted by Gasteiger charge is -2.35. The van der Waals surface area contributed by atoms with Crippen LogP contribution in [-0.2, 0) is 27.2 Å². The molecule has 2 aromatic rings. The van der Waals surface area contributed by atoms with Gasteiger partial charge in [0.1, 0.15) is 5.82 Å². The summed E-state index contributed by atoms with van der Waals surface area (Å²) in [6.45, 7) is 2.88. The Morgan fingerprint density at radius 2 is 1.87 bits per heavy atom. The van der Waals surface area contributed by atoms with Crippen molar-refractivity contribution in [3.05, 3.63) is 65.7 Å². The van der Waals surface area contributed by atoms with Gasteiger partial charge >= 0.3 is 0 Å². The molecule has 1 amide bonds. The number of carbonyl (C=O) groups excluding carboxylic acids is 1. The second-order valence-electron chi connectivity index (χ2n) is 8.36. The van der Waals surface area contributed by atoms with Gasteiger partial charge in [0.15, 0.2) is 5.79 Å². The van der Waals surface area contributed by atoms with Crippen LogP contribution in [-0.4, -0.2) is 53.9 Å². The third-order valence-electron chi connectivity index (χ3n) is 6.02. The van der Waals surface area contributed by atoms with Crippen LogP contribution in [0.2, 0.25) is 0 Å². The highest BCUT2D eigenvalue weighted by atomic mass is 19.1. The van der Waals surface area contributed by atoms with Crippen molar-refractivity contribution in [2.45, 2.75) is 50.5 Å². The van der Waals surface area contributed by atoms with Crippen molar-refractivity contribution < 1.29 is 18.7 Å². The van der Waals surface area contributed by atoms with E-state index in [9.17, 15) is 9.18 Å². The van der Waals surface area contributed by atoms with Gasteiger partial charge in [-0.2, -0.15) is 0 Å². The average molecular weight is 428 g/mol. The van der Waals surface area contributed by atoms with Crippen molar-refractivity contribution in [3.63, 3.8) is 0 Å². The van der Waals surface area contributed by atoms with E-state index in [0.29, 0.717) is 32.8 Å². The summed E-state index contributed by atoms with van der Waals surface area (Å²) in [5, 5.41) is 3.18. The second kappa shape index (κ2) is 10.3. The van der Waals surface area contributed by atoms with Gasteiger partial charge in [-0.05, 0) is 42.7 Å². The number of rotatable bonds is 8. The Hall–Kier alpha value is -2.35. The Morgan fingerprint density at radius 1 is 1.13 bits per heavy atom. The molecule has 1 N–H and O–H groups in total. The van der Waals surface area contributed by atoms with Crippen LogP contribution in [0.3, 0.4) is 0 Å². The fourth-order valence-corrected chi connectivity index (χ4v) is 4.34. The third kappa shape index (κ3) is 6.32. The second-order valence-corrected chi connectivity index (χ2v) is 8.36. The Balaban J connectivity index is 1.31. The van der Waals surface area contributed by atoms with E-state index in [4.69, 9.17) is 9.47 Å². The van der Waals surface area contributed by atoms with Crippen LogP contribution in [0.25, 0.3) is 0 Å². The number of halogens is 1. The molecule has 1 aliphatic carbocycles. The van der Waals surface area contributed by atoms with Gasteiger partial charge in [0.2, 0.25) is 5.91 Å². The molecule has 2 fully saturated rings. The van der Waals surface area contributed by atoms with Crippen LogP contribution in [0.1, 0.15) is 36.9 Å². The molecule has 4 rings (SSSR count). The van der Waals surface area contributed by atoms with Crippen molar-refractivity contribution in [2.75, 3.05) is 26.3 Å². The van der Waals surface area contributed by atoms with Gasteiger partial charge in [0.25, 0.3) is 0 Å². The number of benzene rings is 1. The Kier molecular flexibility index (Phi) is 7.27. The van der Waals surface area contributed by atoms with Crippen molar-refractivity contribution >= 4 is 5.91 Å². The van der Waals surface area contributed by atoms with Crippen LogP contribution >= 0.6 is 0 Å². The zero-order chi connectivity index (χ0) is 21.5. The highest BCUT2D eigenvalue weighted by molar-refractivity contribution is 5.78. The minimum atomic E-state index is -0.418. The molecule has 1 aromatic heterocycles. The Morgan fingerprint density at radius 3 is 2.55 bits per heavy atom. The van der Waals surface area contributed by atoms with Crippen LogP contribution in [0.4, 0.5) is 4.39 Å². The molecule has 1 saturated heterocycles. The molecule has 31 heavy (non-hydrogen) atoms. The summed E-state index contributed by atoms with van der Waals surface area (Å²) in [6, 6.07) is 12.4. The average Bonchev–Trinajstić information content (AvgIpc) is 3.24. The number of ether oxygens (including phenoxy) is 2. The van der Waals surface area contributed by atoms with E-state index in [1.54, 1.807) is 18.3 Å². The Labute approximate surface area is 182 Å². The van der Waals surface area contributed by atoms with E-state index < -0.39 is 5.79 Å². The monoisotopic (exact) mass is 427 g/mol. The topological polar surface area (TPSA) is 63.7 Å². The highest BCUT2D eigenvalue weighted by Gasteiger charge is 2.40. The SMILES string of the molecule is O=C(CN(CCc1ccccn1)Cc1ccc(F)cc1)NC1CCC2(CC1)OCCO2. The van der Waals surface area contributed by atoms with E-state index in [1.807, 2.05) is 18.2 Å². The highest BCUT2D eigenvalue weighted by Crippen LogP contribution is 2.35. The quantitative estimate of drug-likeness (QED) is 0.702. The summed E-state index contributed by atoms with van der Waals surface area (Å²) >= 11 is 0. The molecule has 2 heterocycles. The number of amides is 1. The maximum atomic E-state index is 13.3. The lowest BCUT2D eigenvalue weighted by molar-refractivity contribution is -0.180. The summed E-state index contributed by atoms with van der Waals surface area (Å²) in [4.78, 5) is 19.3. The molecular weight excluding hydrogens is 397 g/mol. The first kappa shape index (κ1) is 21.9. The van der Waals surface area contributed by atoms with Crippen LogP contribution in [0.5, 0.6) is 0 Å². The summed E-state index contributed by atoms with van der Waals surface area (Å²) < 4.78 is 24.8. The van der Waals surface area contributed by atoms with Crippen LogP contribution in [0, 0.1) is 5.82 Å². The lowest BCUT2D eigenvalue weighted by Crippen LogP contribution is -2.47. The number of aromatic nitrogens is 1. The van der Waals surface area contributed by atoms with Gasteiger partial charge in [-0.15, -0.1) is 0 Å². The number of carbonyl (C=O) groups is 1. The van der Waals surface area contributed by atoms with E-state index >= 15 is 0 Å². The predicted molar refractivity (Wildman–Crippen MR) is 115 cm³/mol. The smallest absolute Gasteiger partial charge is 0.234 e. The molecule has 0 radical (unpaired) electrons. The van der Waals surface area contributed by atoms with Gasteiger partial charge < -0.3 is 14.8 Å². The number of hydrogen-bond donors (Lipinski definition) is 1. The van der Waals surface area contributed by atoms with Gasteiger partial charge in [-0.1, -0.05) is 18.2 Å². The molecule has 2 aliphatic rings. The van der Waals surface area contributed by atoms with Gasteiger partial charge in [-0.25, -0.2) is 4.39 Å². The number of pyridine rings is 1. The first-order chi connectivity index (χ1) is 15.1. The summed E-state index contributed by atoms with van der Waals surface area (Å²) in [6.07, 6.45) is 5.87. The van der Waals surface area contributed by atoms with E-state index in [0.717, 1.165) is 43.4 Å². The van der Waals surface area contributed by atoms with Crippen molar-refractivity contribution in [3.8, 4) is 0 Å². The van der Waals surface area contributed by atoms with Crippen LogP contribution < -0.4 is 5.32 Å². The molecule has 1 saturated carbocycles. The molecular formula is C24H30FN3O3. The molecule has 6 nitrogen and oxygen atoms in total. The minimum absolute atomic E-state index is 0.0114. The van der Waals surface area contributed by atoms with Gasteiger partial charge in [0, 0.05) is 50.3 Å². The molecule has 0 bridgehead atoms. The largest absolute Gasteiger partial charge is 0.352 e. The summed E-state index contributed by atoms with van der Waals surface area (Å²) in [5.41, 5.74) is 1.96. The molecule has 0 atom stereocenters. The van der Waals surface area contributed by atoms with E-state index in [1.165, 1.54) is 12.1 Å². The maximum Gasteiger partial charge on any atom is 0.234 e. The fourth-order valence-electron chi connectivity index (χ4n) is 4.34. The zero-order valence-corrected chi connectivity index (χ0v) is 17.8. The van der Waals surface area contributed by atoms with E-state index in [2.05, 4.69) is 15.2 Å².